The SMILES string of the molecule is CC(=O)c1csc(NC(=O)[C@H](C)Oc2ccc(Cl)cc2Cl)n1. The highest BCUT2D eigenvalue weighted by Crippen LogP contribution is 2.28. The third kappa shape index (κ3) is 4.19. The Kier molecular flexibility index (Phi) is 5.39. The maximum absolute atomic E-state index is 12.1. The number of carbonyl (C=O) groups is 2. The molecule has 0 aliphatic carbocycles. The molecule has 1 atom stereocenters. The Morgan fingerprint density at radius 1 is 1.36 bits per heavy atom. The van der Waals surface area contributed by atoms with Gasteiger partial charge in [-0.05, 0) is 25.1 Å². The summed E-state index contributed by atoms with van der Waals surface area (Å²) in [5, 5.41) is 5.31. The fourth-order valence-corrected chi connectivity index (χ4v) is 2.72. The summed E-state index contributed by atoms with van der Waals surface area (Å²) in [5.41, 5.74) is 0.314. The number of Topliss-reactive ketones (excluding diaryl/α,β-unsaturated/α-hetero) is 1. The number of hydrogen-bond donors (Lipinski definition) is 1. The molecule has 0 saturated carbocycles. The predicted octanol–water partition coefficient (Wildman–Crippen LogP) is 4.06. The van der Waals surface area contributed by atoms with Gasteiger partial charge in [0.25, 0.3) is 5.91 Å². The molecule has 0 aliphatic heterocycles. The fraction of sp³-hybridized carbons (Fsp3) is 0.214. The molecule has 0 unspecified atom stereocenters. The molecule has 2 rings (SSSR count). The molecule has 1 N–H and O–H groups in total. The van der Waals surface area contributed by atoms with E-state index in [2.05, 4.69) is 10.3 Å². The number of aromatic nitrogens is 1. The molecule has 1 aromatic heterocycles. The minimum absolute atomic E-state index is 0.158. The lowest BCUT2D eigenvalue weighted by Crippen LogP contribution is -2.30. The zero-order valence-electron chi connectivity index (χ0n) is 11.7. The molecule has 0 saturated heterocycles. The Morgan fingerprint density at radius 3 is 2.68 bits per heavy atom. The highest BCUT2D eigenvalue weighted by Gasteiger charge is 2.18. The van der Waals surface area contributed by atoms with Crippen LogP contribution in [0.2, 0.25) is 10.0 Å². The molecule has 1 amide bonds. The normalized spacial score (nSPS) is 11.8. The van der Waals surface area contributed by atoms with Crippen molar-refractivity contribution in [1.29, 1.82) is 0 Å². The van der Waals surface area contributed by atoms with Gasteiger partial charge in [0.15, 0.2) is 17.0 Å². The maximum atomic E-state index is 12.1. The van der Waals surface area contributed by atoms with Gasteiger partial charge in [-0.15, -0.1) is 11.3 Å². The van der Waals surface area contributed by atoms with Crippen LogP contribution in [0.1, 0.15) is 24.3 Å². The summed E-state index contributed by atoms with van der Waals surface area (Å²) in [7, 11) is 0. The molecule has 0 fully saturated rings. The van der Waals surface area contributed by atoms with Crippen molar-refractivity contribution in [3.05, 3.63) is 39.3 Å². The van der Waals surface area contributed by atoms with Crippen molar-refractivity contribution >= 4 is 51.4 Å². The molecule has 1 heterocycles. The number of anilines is 1. The lowest BCUT2D eigenvalue weighted by atomic mass is 10.3. The quantitative estimate of drug-likeness (QED) is 0.818. The largest absolute Gasteiger partial charge is 0.479 e. The highest BCUT2D eigenvalue weighted by atomic mass is 35.5. The average Bonchev–Trinajstić information content (AvgIpc) is 2.90. The average molecular weight is 359 g/mol. The van der Waals surface area contributed by atoms with Gasteiger partial charge in [0.2, 0.25) is 0 Å². The lowest BCUT2D eigenvalue weighted by molar-refractivity contribution is -0.122. The van der Waals surface area contributed by atoms with Crippen LogP contribution in [0.5, 0.6) is 5.75 Å². The molecular formula is C14H12Cl2N2O3S. The van der Waals surface area contributed by atoms with Crippen LogP contribution < -0.4 is 10.1 Å². The van der Waals surface area contributed by atoms with Crippen LogP contribution in [-0.2, 0) is 4.79 Å². The molecule has 5 nitrogen and oxygen atoms in total. The van der Waals surface area contributed by atoms with E-state index in [0.29, 0.717) is 26.6 Å². The van der Waals surface area contributed by atoms with E-state index in [1.165, 1.54) is 24.3 Å². The number of hydrogen-bond acceptors (Lipinski definition) is 5. The van der Waals surface area contributed by atoms with Gasteiger partial charge in [-0.25, -0.2) is 4.98 Å². The Morgan fingerprint density at radius 2 is 2.09 bits per heavy atom. The molecule has 0 aliphatic rings. The number of ether oxygens (including phenoxy) is 1. The number of halogens is 2. The first-order valence-electron chi connectivity index (χ1n) is 6.26. The lowest BCUT2D eigenvalue weighted by Gasteiger charge is -2.14. The van der Waals surface area contributed by atoms with Crippen molar-refractivity contribution in [2.45, 2.75) is 20.0 Å². The topological polar surface area (TPSA) is 68.3 Å². The van der Waals surface area contributed by atoms with Gasteiger partial charge >= 0.3 is 0 Å². The minimum atomic E-state index is -0.789. The summed E-state index contributed by atoms with van der Waals surface area (Å²) in [5.74, 6) is -0.193. The molecule has 0 spiro atoms. The van der Waals surface area contributed by atoms with Crippen LogP contribution in [-0.4, -0.2) is 22.8 Å². The number of carbonyl (C=O) groups excluding carboxylic acids is 2. The van der Waals surface area contributed by atoms with Gasteiger partial charge in [0.1, 0.15) is 11.4 Å². The molecule has 1 aromatic carbocycles. The molecule has 8 heteroatoms. The van der Waals surface area contributed by atoms with E-state index < -0.39 is 12.0 Å². The van der Waals surface area contributed by atoms with Crippen LogP contribution in [0.3, 0.4) is 0 Å². The smallest absolute Gasteiger partial charge is 0.266 e. The molecule has 2 aromatic rings. The van der Waals surface area contributed by atoms with E-state index in [1.807, 2.05) is 0 Å². The second-order valence-corrected chi connectivity index (χ2v) is 6.12. The van der Waals surface area contributed by atoms with Gasteiger partial charge in [-0.1, -0.05) is 23.2 Å². The number of ketones is 1. The van der Waals surface area contributed by atoms with Crippen molar-refractivity contribution in [3.63, 3.8) is 0 Å². The highest BCUT2D eigenvalue weighted by molar-refractivity contribution is 7.14. The first-order valence-corrected chi connectivity index (χ1v) is 7.89. The Bertz CT molecular complexity index is 718. The zero-order chi connectivity index (χ0) is 16.3. The second-order valence-electron chi connectivity index (χ2n) is 4.42. The summed E-state index contributed by atoms with van der Waals surface area (Å²) in [6.07, 6.45) is -0.789. The van der Waals surface area contributed by atoms with Gasteiger partial charge < -0.3 is 4.74 Å². The number of nitrogens with zero attached hydrogens (tertiary/aromatic N) is 1. The van der Waals surface area contributed by atoms with E-state index in [4.69, 9.17) is 27.9 Å². The van der Waals surface area contributed by atoms with E-state index in [1.54, 1.807) is 24.4 Å². The van der Waals surface area contributed by atoms with Crippen molar-refractivity contribution in [3.8, 4) is 5.75 Å². The monoisotopic (exact) mass is 358 g/mol. The van der Waals surface area contributed by atoms with Crippen molar-refractivity contribution in [1.82, 2.24) is 4.98 Å². The van der Waals surface area contributed by atoms with Crippen LogP contribution in [0.25, 0.3) is 0 Å². The Hall–Kier alpha value is -1.63. The van der Waals surface area contributed by atoms with E-state index in [9.17, 15) is 9.59 Å². The van der Waals surface area contributed by atoms with Crippen molar-refractivity contribution < 1.29 is 14.3 Å². The standard InChI is InChI=1S/C14H12Cl2N2O3S/c1-7(19)11-6-22-14(17-11)18-13(20)8(2)21-12-4-3-9(15)5-10(12)16/h3-6,8H,1-2H3,(H,17,18,20)/t8-/m0/s1. The first kappa shape index (κ1) is 16.7. The number of nitrogens with one attached hydrogen (secondary N) is 1. The van der Waals surface area contributed by atoms with E-state index in [-0.39, 0.29) is 5.78 Å². The van der Waals surface area contributed by atoms with Crippen LogP contribution in [0.15, 0.2) is 23.6 Å². The van der Waals surface area contributed by atoms with E-state index in [0.717, 1.165) is 0 Å². The van der Waals surface area contributed by atoms with Crippen molar-refractivity contribution in [2.24, 2.45) is 0 Å². The Balaban J connectivity index is 2.00. The maximum Gasteiger partial charge on any atom is 0.266 e. The number of benzene rings is 1. The summed E-state index contributed by atoms with van der Waals surface area (Å²) in [4.78, 5) is 27.2. The van der Waals surface area contributed by atoms with Gasteiger partial charge in [0, 0.05) is 17.3 Å². The Labute approximate surface area is 141 Å². The van der Waals surface area contributed by atoms with Gasteiger partial charge in [-0.2, -0.15) is 0 Å². The first-order chi connectivity index (χ1) is 10.4. The molecular weight excluding hydrogens is 347 g/mol. The summed E-state index contributed by atoms with van der Waals surface area (Å²) >= 11 is 13.0. The summed E-state index contributed by atoms with van der Waals surface area (Å²) in [6.45, 7) is 2.99. The minimum Gasteiger partial charge on any atom is -0.479 e. The second kappa shape index (κ2) is 7.09. The van der Waals surface area contributed by atoms with Crippen LogP contribution >= 0.6 is 34.5 Å². The predicted molar refractivity (Wildman–Crippen MR) is 87.3 cm³/mol. The number of rotatable bonds is 5. The molecule has 0 radical (unpaired) electrons. The molecule has 116 valence electrons. The number of thiazole rings is 1. The van der Waals surface area contributed by atoms with Gasteiger partial charge in [-0.3, -0.25) is 14.9 Å². The van der Waals surface area contributed by atoms with Gasteiger partial charge in [0.05, 0.1) is 5.02 Å². The van der Waals surface area contributed by atoms with E-state index >= 15 is 0 Å². The fourth-order valence-electron chi connectivity index (χ4n) is 1.51. The number of amides is 1. The van der Waals surface area contributed by atoms with Crippen molar-refractivity contribution in [2.75, 3.05) is 5.32 Å². The zero-order valence-corrected chi connectivity index (χ0v) is 14.1. The van der Waals surface area contributed by atoms with Crippen LogP contribution in [0.4, 0.5) is 5.13 Å². The third-order valence-corrected chi connectivity index (χ3v) is 3.95. The third-order valence-electron chi connectivity index (χ3n) is 2.66. The summed E-state index contributed by atoms with van der Waals surface area (Å²) in [6, 6.07) is 4.74. The molecule has 22 heavy (non-hydrogen) atoms. The molecule has 0 bridgehead atoms. The van der Waals surface area contributed by atoms with Crippen LogP contribution in [0, 0.1) is 0 Å². The summed E-state index contributed by atoms with van der Waals surface area (Å²) < 4.78 is 5.50.